The van der Waals surface area contributed by atoms with Crippen LogP contribution >= 0.6 is 11.3 Å². The maximum Gasteiger partial charge on any atom is 0.242 e. The van der Waals surface area contributed by atoms with Crippen molar-refractivity contribution in [2.45, 2.75) is 39.1 Å². The lowest BCUT2D eigenvalue weighted by molar-refractivity contribution is 0.426. The van der Waals surface area contributed by atoms with Gasteiger partial charge in [-0.25, -0.2) is 13.1 Å². The normalized spacial score (nSPS) is 12.0. The number of hydrogen-bond acceptors (Lipinski definition) is 6. The highest BCUT2D eigenvalue weighted by atomic mass is 32.2. The van der Waals surface area contributed by atoms with Gasteiger partial charge >= 0.3 is 0 Å². The third-order valence-electron chi connectivity index (χ3n) is 3.58. The Morgan fingerprint density at radius 3 is 2.50 bits per heavy atom. The SMILES string of the molecule is Cc1cc(-c2c(C)sc(C)c2S(=O)(=O)NCc2ccc(C)o2)on1. The summed E-state index contributed by atoms with van der Waals surface area (Å²) in [5.41, 5.74) is 1.27. The lowest BCUT2D eigenvalue weighted by atomic mass is 10.2. The van der Waals surface area contributed by atoms with Crippen LogP contribution in [0.4, 0.5) is 0 Å². The van der Waals surface area contributed by atoms with Crippen LogP contribution in [-0.4, -0.2) is 13.6 Å². The summed E-state index contributed by atoms with van der Waals surface area (Å²) < 4.78 is 39.0. The van der Waals surface area contributed by atoms with Gasteiger partial charge < -0.3 is 8.94 Å². The zero-order chi connectivity index (χ0) is 17.5. The topological polar surface area (TPSA) is 85.3 Å². The largest absolute Gasteiger partial charge is 0.465 e. The Bertz CT molecular complexity index is 980. The third kappa shape index (κ3) is 3.17. The van der Waals surface area contributed by atoms with E-state index in [2.05, 4.69) is 9.88 Å². The molecule has 0 unspecified atom stereocenters. The van der Waals surface area contributed by atoms with Crippen molar-refractivity contribution >= 4 is 21.4 Å². The van der Waals surface area contributed by atoms with E-state index in [1.165, 1.54) is 11.3 Å². The maximum absolute atomic E-state index is 12.8. The fourth-order valence-electron chi connectivity index (χ4n) is 2.57. The molecule has 1 N–H and O–H groups in total. The summed E-state index contributed by atoms with van der Waals surface area (Å²) in [6.45, 7) is 7.37. The average molecular weight is 366 g/mol. The van der Waals surface area contributed by atoms with Crippen LogP contribution in [0.25, 0.3) is 11.3 Å². The molecule has 0 aromatic carbocycles. The van der Waals surface area contributed by atoms with Crippen molar-refractivity contribution in [2.24, 2.45) is 0 Å². The summed E-state index contributed by atoms with van der Waals surface area (Å²) >= 11 is 1.42. The molecule has 8 heteroatoms. The van der Waals surface area contributed by atoms with Crippen LogP contribution in [0.15, 0.2) is 32.0 Å². The van der Waals surface area contributed by atoms with Gasteiger partial charge in [0.15, 0.2) is 5.76 Å². The second-order valence-electron chi connectivity index (χ2n) is 5.59. The molecule has 0 saturated carbocycles. The average Bonchev–Trinajstić information content (AvgIpc) is 3.16. The molecule has 0 atom stereocenters. The molecule has 3 aromatic heterocycles. The van der Waals surface area contributed by atoms with Crippen LogP contribution in [0.5, 0.6) is 0 Å². The van der Waals surface area contributed by atoms with Crippen LogP contribution in [0.2, 0.25) is 0 Å². The molecule has 3 aromatic rings. The molecule has 0 amide bonds. The Hall–Kier alpha value is -1.90. The molecular formula is C16H18N2O4S2. The van der Waals surface area contributed by atoms with Gasteiger partial charge in [0, 0.05) is 15.8 Å². The summed E-state index contributed by atoms with van der Waals surface area (Å²) in [6, 6.07) is 5.29. The van der Waals surface area contributed by atoms with E-state index in [9.17, 15) is 8.42 Å². The molecule has 0 aliphatic carbocycles. The molecule has 0 saturated heterocycles. The number of aromatic nitrogens is 1. The van der Waals surface area contributed by atoms with E-state index in [4.69, 9.17) is 8.94 Å². The van der Waals surface area contributed by atoms with E-state index in [1.807, 2.05) is 13.8 Å². The summed E-state index contributed by atoms with van der Waals surface area (Å²) in [7, 11) is -3.72. The van der Waals surface area contributed by atoms with E-state index >= 15 is 0 Å². The van der Waals surface area contributed by atoms with Crippen LogP contribution in [0.1, 0.15) is 27.0 Å². The number of hydrogen-bond donors (Lipinski definition) is 1. The Labute approximate surface area is 144 Å². The third-order valence-corrected chi connectivity index (χ3v) is 6.30. The summed E-state index contributed by atoms with van der Waals surface area (Å²) in [5, 5.41) is 3.86. The van der Waals surface area contributed by atoms with Crippen LogP contribution in [0, 0.1) is 27.7 Å². The first kappa shape index (κ1) is 16.9. The number of thiophene rings is 1. The Morgan fingerprint density at radius 1 is 1.17 bits per heavy atom. The molecule has 0 aliphatic heterocycles. The summed E-state index contributed by atoms with van der Waals surface area (Å²) in [4.78, 5) is 1.82. The number of rotatable bonds is 5. The highest BCUT2D eigenvalue weighted by Crippen LogP contribution is 2.39. The Balaban J connectivity index is 1.98. The van der Waals surface area contributed by atoms with Gasteiger partial charge in [-0.05, 0) is 39.8 Å². The number of nitrogens with zero attached hydrogens (tertiary/aromatic N) is 1. The van der Waals surface area contributed by atoms with Gasteiger partial charge in [0.05, 0.1) is 17.8 Å². The molecule has 128 valence electrons. The zero-order valence-corrected chi connectivity index (χ0v) is 15.5. The fraction of sp³-hybridized carbons (Fsp3) is 0.312. The summed E-state index contributed by atoms with van der Waals surface area (Å²) in [5.74, 6) is 1.77. The minimum absolute atomic E-state index is 0.0966. The van der Waals surface area contributed by atoms with Crippen molar-refractivity contribution in [3.63, 3.8) is 0 Å². The first-order chi connectivity index (χ1) is 11.3. The van der Waals surface area contributed by atoms with Gasteiger partial charge in [0.1, 0.15) is 16.4 Å². The highest BCUT2D eigenvalue weighted by molar-refractivity contribution is 7.89. The molecule has 24 heavy (non-hydrogen) atoms. The molecule has 3 rings (SSSR count). The van der Waals surface area contributed by atoms with Crippen LogP contribution < -0.4 is 4.72 Å². The minimum Gasteiger partial charge on any atom is -0.465 e. The molecular weight excluding hydrogens is 348 g/mol. The molecule has 0 fully saturated rings. The first-order valence-corrected chi connectivity index (χ1v) is 9.66. The van der Waals surface area contributed by atoms with Crippen molar-refractivity contribution in [1.29, 1.82) is 0 Å². The molecule has 0 radical (unpaired) electrons. The van der Waals surface area contributed by atoms with Crippen molar-refractivity contribution in [2.75, 3.05) is 0 Å². The van der Waals surface area contributed by atoms with E-state index < -0.39 is 10.0 Å². The maximum atomic E-state index is 12.8. The van der Waals surface area contributed by atoms with Crippen LogP contribution in [0.3, 0.4) is 0 Å². The van der Waals surface area contributed by atoms with Gasteiger partial charge in [0.25, 0.3) is 0 Å². The van der Waals surface area contributed by atoms with Gasteiger partial charge in [-0.1, -0.05) is 5.16 Å². The lowest BCUT2D eigenvalue weighted by Gasteiger charge is -2.07. The van der Waals surface area contributed by atoms with Crippen LogP contribution in [-0.2, 0) is 16.6 Å². The van der Waals surface area contributed by atoms with Crippen molar-refractivity contribution in [1.82, 2.24) is 9.88 Å². The smallest absolute Gasteiger partial charge is 0.242 e. The van der Waals surface area contributed by atoms with Gasteiger partial charge in [-0.2, -0.15) is 0 Å². The highest BCUT2D eigenvalue weighted by Gasteiger charge is 2.28. The Morgan fingerprint density at radius 2 is 1.92 bits per heavy atom. The second kappa shape index (κ2) is 6.19. The summed E-state index contributed by atoms with van der Waals surface area (Å²) in [6.07, 6.45) is 0. The van der Waals surface area contributed by atoms with Crippen molar-refractivity contribution in [3.05, 3.63) is 45.2 Å². The molecule has 0 spiro atoms. The fourth-order valence-corrected chi connectivity index (χ4v) is 5.43. The molecule has 6 nitrogen and oxygen atoms in total. The minimum atomic E-state index is -3.72. The predicted molar refractivity (Wildman–Crippen MR) is 91.5 cm³/mol. The van der Waals surface area contributed by atoms with Crippen molar-refractivity contribution < 1.29 is 17.4 Å². The second-order valence-corrected chi connectivity index (χ2v) is 8.72. The lowest BCUT2D eigenvalue weighted by Crippen LogP contribution is -2.23. The number of furan rings is 1. The molecule has 3 heterocycles. The quantitative estimate of drug-likeness (QED) is 0.744. The predicted octanol–water partition coefficient (Wildman–Crippen LogP) is 3.71. The molecule has 0 aliphatic rings. The number of sulfonamides is 1. The van der Waals surface area contributed by atoms with Gasteiger partial charge in [0.2, 0.25) is 10.0 Å². The van der Waals surface area contributed by atoms with E-state index in [0.717, 1.165) is 10.6 Å². The van der Waals surface area contributed by atoms with Gasteiger partial charge in [-0.3, -0.25) is 0 Å². The van der Waals surface area contributed by atoms with E-state index in [0.29, 0.717) is 27.7 Å². The van der Waals surface area contributed by atoms with E-state index in [1.54, 1.807) is 32.0 Å². The number of nitrogens with one attached hydrogen (secondary N) is 1. The van der Waals surface area contributed by atoms with E-state index in [-0.39, 0.29) is 11.4 Å². The van der Waals surface area contributed by atoms with Gasteiger partial charge in [-0.15, -0.1) is 11.3 Å². The van der Waals surface area contributed by atoms with Crippen molar-refractivity contribution in [3.8, 4) is 11.3 Å². The molecule has 0 bridgehead atoms. The zero-order valence-electron chi connectivity index (χ0n) is 13.8. The number of aryl methyl sites for hydroxylation is 4. The Kier molecular flexibility index (Phi) is 4.37. The monoisotopic (exact) mass is 366 g/mol. The first-order valence-electron chi connectivity index (χ1n) is 7.36. The standard InChI is InChI=1S/C16H18N2O4S2/c1-9-7-14(22-18-9)15-11(3)23-12(4)16(15)24(19,20)17-8-13-6-5-10(2)21-13/h5-7,17H,8H2,1-4H3.